The van der Waals surface area contributed by atoms with Gasteiger partial charge in [-0.3, -0.25) is 0 Å². The van der Waals surface area contributed by atoms with Gasteiger partial charge in [0.25, 0.3) is 0 Å². The van der Waals surface area contributed by atoms with E-state index in [4.69, 9.17) is 14.3 Å². The highest BCUT2D eigenvalue weighted by Gasteiger charge is 2.13. The maximum absolute atomic E-state index is 9.98. The Kier molecular flexibility index (Phi) is 3.04. The van der Waals surface area contributed by atoms with Crippen molar-refractivity contribution in [2.45, 2.75) is 6.61 Å². The zero-order valence-corrected chi connectivity index (χ0v) is 10.8. The number of benzene rings is 2. The lowest BCUT2D eigenvalue weighted by molar-refractivity contribution is 0.282. The fourth-order valence-electron chi connectivity index (χ4n) is 2.01. The van der Waals surface area contributed by atoms with Crippen molar-refractivity contribution in [1.82, 2.24) is 4.98 Å². The summed E-state index contributed by atoms with van der Waals surface area (Å²) in [6, 6.07) is 10.2. The number of aliphatic hydroxyl groups is 1. The Morgan fingerprint density at radius 1 is 1.20 bits per heavy atom. The molecule has 3 aromatic rings. The summed E-state index contributed by atoms with van der Waals surface area (Å²) < 4.78 is 10.7. The van der Waals surface area contributed by atoms with E-state index in [9.17, 15) is 5.11 Å². The maximum atomic E-state index is 9.98. The van der Waals surface area contributed by atoms with Gasteiger partial charge in [-0.25, -0.2) is 4.98 Å². The van der Waals surface area contributed by atoms with Crippen LogP contribution in [0, 0.1) is 0 Å². The van der Waals surface area contributed by atoms with Crippen LogP contribution in [0.5, 0.6) is 11.5 Å². The van der Waals surface area contributed by atoms with Gasteiger partial charge >= 0.3 is 0 Å². The Hall–Kier alpha value is -2.53. The van der Waals surface area contributed by atoms with E-state index in [1.54, 1.807) is 30.3 Å². The number of oxazole rings is 1. The lowest BCUT2D eigenvalue weighted by Gasteiger charge is -2.03. The Bertz CT molecular complexity index is 764. The number of phenols is 1. The first kappa shape index (κ1) is 12.5. The Morgan fingerprint density at radius 3 is 2.75 bits per heavy atom. The van der Waals surface area contributed by atoms with Crippen LogP contribution in [0.15, 0.2) is 40.8 Å². The van der Waals surface area contributed by atoms with E-state index in [0.717, 1.165) is 5.56 Å². The molecule has 0 fully saturated rings. The van der Waals surface area contributed by atoms with Crippen molar-refractivity contribution in [3.8, 4) is 23.0 Å². The molecule has 0 aliphatic heterocycles. The molecule has 3 rings (SSSR count). The van der Waals surface area contributed by atoms with E-state index in [-0.39, 0.29) is 12.4 Å². The number of nitrogens with zero attached hydrogens (tertiary/aromatic N) is 1. The summed E-state index contributed by atoms with van der Waals surface area (Å²) >= 11 is 0. The minimum absolute atomic E-state index is 0.0401. The number of hydrogen-bond acceptors (Lipinski definition) is 5. The van der Waals surface area contributed by atoms with E-state index in [1.807, 2.05) is 0 Å². The molecule has 0 aliphatic carbocycles. The van der Waals surface area contributed by atoms with E-state index < -0.39 is 0 Å². The smallest absolute Gasteiger partial charge is 0.231 e. The average Bonchev–Trinajstić information content (AvgIpc) is 2.89. The highest BCUT2D eigenvalue weighted by molar-refractivity contribution is 5.78. The van der Waals surface area contributed by atoms with Gasteiger partial charge in [0.1, 0.15) is 17.0 Å². The van der Waals surface area contributed by atoms with Crippen LogP contribution in [0.4, 0.5) is 0 Å². The molecular weight excluding hydrogens is 258 g/mol. The largest absolute Gasteiger partial charge is 0.507 e. The van der Waals surface area contributed by atoms with Crippen LogP contribution in [0.2, 0.25) is 0 Å². The summed E-state index contributed by atoms with van der Waals surface area (Å²) in [5.41, 5.74) is 2.50. The molecule has 0 aliphatic rings. The standard InChI is InChI=1S/C15H13NO4/c1-19-10-3-4-11(13(18)7-10)15-16-12-6-9(8-17)2-5-14(12)20-15/h2-7,17-18H,8H2,1H3. The predicted molar refractivity (Wildman–Crippen MR) is 73.6 cm³/mol. The molecule has 5 nitrogen and oxygen atoms in total. The number of ether oxygens (including phenoxy) is 1. The maximum Gasteiger partial charge on any atom is 0.231 e. The third-order valence-corrected chi connectivity index (χ3v) is 3.07. The van der Waals surface area contributed by atoms with Gasteiger partial charge in [-0.2, -0.15) is 0 Å². The number of hydrogen-bond donors (Lipinski definition) is 2. The highest BCUT2D eigenvalue weighted by Crippen LogP contribution is 2.33. The van der Waals surface area contributed by atoms with Crippen molar-refractivity contribution in [3.63, 3.8) is 0 Å². The van der Waals surface area contributed by atoms with Gasteiger partial charge < -0.3 is 19.4 Å². The van der Waals surface area contributed by atoms with Crippen molar-refractivity contribution in [2.75, 3.05) is 7.11 Å². The molecule has 2 aromatic carbocycles. The van der Waals surface area contributed by atoms with Crippen LogP contribution >= 0.6 is 0 Å². The van der Waals surface area contributed by atoms with E-state index in [0.29, 0.717) is 28.3 Å². The SMILES string of the molecule is COc1ccc(-c2nc3cc(CO)ccc3o2)c(O)c1. The lowest BCUT2D eigenvalue weighted by atomic mass is 10.2. The van der Waals surface area contributed by atoms with Crippen molar-refractivity contribution in [2.24, 2.45) is 0 Å². The average molecular weight is 271 g/mol. The molecular formula is C15H13NO4. The van der Waals surface area contributed by atoms with E-state index in [2.05, 4.69) is 4.98 Å². The second-order valence-corrected chi connectivity index (χ2v) is 4.36. The normalized spacial score (nSPS) is 10.9. The third-order valence-electron chi connectivity index (χ3n) is 3.07. The highest BCUT2D eigenvalue weighted by atomic mass is 16.5. The Morgan fingerprint density at radius 2 is 2.05 bits per heavy atom. The van der Waals surface area contributed by atoms with Gasteiger partial charge in [-0.1, -0.05) is 6.07 Å². The molecule has 5 heteroatoms. The number of aromatic nitrogens is 1. The monoisotopic (exact) mass is 271 g/mol. The summed E-state index contributed by atoms with van der Waals surface area (Å²) in [5, 5.41) is 19.1. The fourth-order valence-corrected chi connectivity index (χ4v) is 2.01. The molecule has 0 saturated heterocycles. The van der Waals surface area contributed by atoms with Crippen molar-refractivity contribution in [3.05, 3.63) is 42.0 Å². The number of rotatable bonds is 3. The van der Waals surface area contributed by atoms with Crippen LogP contribution in [0.3, 0.4) is 0 Å². The van der Waals surface area contributed by atoms with Gasteiger partial charge in [0.15, 0.2) is 5.58 Å². The minimum Gasteiger partial charge on any atom is -0.507 e. The molecule has 20 heavy (non-hydrogen) atoms. The molecule has 0 unspecified atom stereocenters. The molecule has 0 amide bonds. The molecule has 2 N–H and O–H groups in total. The number of aliphatic hydroxyl groups excluding tert-OH is 1. The second-order valence-electron chi connectivity index (χ2n) is 4.36. The predicted octanol–water partition coefficient (Wildman–Crippen LogP) is 2.70. The summed E-state index contributed by atoms with van der Waals surface area (Å²) in [6.45, 7) is -0.0497. The molecule has 1 aromatic heterocycles. The molecule has 0 bridgehead atoms. The zero-order chi connectivity index (χ0) is 14.1. The summed E-state index contributed by atoms with van der Waals surface area (Å²) in [7, 11) is 1.53. The van der Waals surface area contributed by atoms with Gasteiger partial charge in [-0.05, 0) is 29.8 Å². The molecule has 0 spiro atoms. The number of methoxy groups -OCH3 is 1. The van der Waals surface area contributed by atoms with Crippen molar-refractivity contribution in [1.29, 1.82) is 0 Å². The van der Waals surface area contributed by atoms with Crippen LogP contribution in [0.25, 0.3) is 22.6 Å². The number of aromatic hydroxyl groups is 1. The summed E-state index contributed by atoms with van der Waals surface area (Å²) in [4.78, 5) is 4.33. The third kappa shape index (κ3) is 2.08. The topological polar surface area (TPSA) is 75.7 Å². The van der Waals surface area contributed by atoms with Crippen LogP contribution in [0.1, 0.15) is 5.56 Å². The zero-order valence-electron chi connectivity index (χ0n) is 10.8. The Labute approximate surface area is 115 Å². The Balaban J connectivity index is 2.10. The molecule has 0 radical (unpaired) electrons. The first-order valence-electron chi connectivity index (χ1n) is 6.09. The van der Waals surface area contributed by atoms with Gasteiger partial charge in [0, 0.05) is 6.07 Å². The first-order valence-corrected chi connectivity index (χ1v) is 6.09. The number of fused-ring (bicyclic) bond motifs is 1. The molecule has 102 valence electrons. The van der Waals surface area contributed by atoms with Crippen LogP contribution in [-0.4, -0.2) is 22.3 Å². The van der Waals surface area contributed by atoms with E-state index in [1.165, 1.54) is 13.2 Å². The van der Waals surface area contributed by atoms with Crippen LogP contribution < -0.4 is 4.74 Å². The lowest BCUT2D eigenvalue weighted by Crippen LogP contribution is -1.84. The first-order chi connectivity index (χ1) is 9.71. The summed E-state index contributed by atoms with van der Waals surface area (Å²) in [6.07, 6.45) is 0. The van der Waals surface area contributed by atoms with Crippen molar-refractivity contribution >= 4 is 11.1 Å². The van der Waals surface area contributed by atoms with E-state index >= 15 is 0 Å². The molecule has 1 heterocycles. The quantitative estimate of drug-likeness (QED) is 0.766. The van der Waals surface area contributed by atoms with Gasteiger partial charge in [-0.15, -0.1) is 0 Å². The minimum atomic E-state index is -0.0497. The van der Waals surface area contributed by atoms with Crippen molar-refractivity contribution < 1.29 is 19.4 Å². The fraction of sp³-hybridized carbons (Fsp3) is 0.133. The molecule has 0 atom stereocenters. The molecule has 0 saturated carbocycles. The number of phenolic OH excluding ortho intramolecular Hbond substituents is 1. The second kappa shape index (κ2) is 4.86. The van der Waals surface area contributed by atoms with Gasteiger partial charge in [0.2, 0.25) is 5.89 Å². The van der Waals surface area contributed by atoms with Gasteiger partial charge in [0.05, 0.1) is 19.3 Å². The summed E-state index contributed by atoms with van der Waals surface area (Å²) in [5.74, 6) is 0.929. The van der Waals surface area contributed by atoms with Crippen LogP contribution in [-0.2, 0) is 6.61 Å².